The second-order valence-corrected chi connectivity index (χ2v) is 4.40. The molecule has 1 aliphatic heterocycles. The van der Waals surface area contributed by atoms with Crippen LogP contribution in [-0.2, 0) is 6.18 Å². The van der Waals surface area contributed by atoms with Crippen molar-refractivity contribution in [2.24, 2.45) is 4.99 Å². The zero-order chi connectivity index (χ0) is 12.5. The minimum atomic E-state index is -4.32. The summed E-state index contributed by atoms with van der Waals surface area (Å²) >= 11 is 3.23. The van der Waals surface area contributed by atoms with Crippen LogP contribution >= 0.6 is 15.9 Å². The number of hydrogen-bond donors (Lipinski definition) is 0. The van der Waals surface area contributed by atoms with E-state index in [4.69, 9.17) is 0 Å². The van der Waals surface area contributed by atoms with E-state index in [1.807, 2.05) is 0 Å². The number of halogens is 4. The summed E-state index contributed by atoms with van der Waals surface area (Å²) in [5, 5.41) is 0. The second kappa shape index (κ2) is 4.52. The lowest BCUT2D eigenvalue weighted by molar-refractivity contribution is -0.137. The van der Waals surface area contributed by atoms with Crippen LogP contribution in [0.3, 0.4) is 0 Å². The van der Waals surface area contributed by atoms with Crippen LogP contribution in [0.4, 0.5) is 18.9 Å². The molecule has 0 bridgehead atoms. The number of rotatable bonds is 1. The average molecular weight is 305 g/mol. The van der Waals surface area contributed by atoms with Crippen molar-refractivity contribution >= 4 is 27.8 Å². The maximum absolute atomic E-state index is 12.5. The maximum Gasteiger partial charge on any atom is 0.416 e. The zero-order valence-corrected chi connectivity index (χ0v) is 10.2. The Hall–Kier alpha value is -1.30. The summed E-state index contributed by atoms with van der Waals surface area (Å²) in [7, 11) is 0. The number of hydrogen-bond acceptors (Lipinski definition) is 2. The van der Waals surface area contributed by atoms with Crippen LogP contribution < -0.4 is 4.90 Å². The summed E-state index contributed by atoms with van der Waals surface area (Å²) in [6.07, 6.45) is -1.01. The first kappa shape index (κ1) is 12.2. The zero-order valence-electron chi connectivity index (χ0n) is 8.58. The summed E-state index contributed by atoms with van der Waals surface area (Å²) in [5.74, 6) is 0. The average Bonchev–Trinajstić information content (AvgIpc) is 2.28. The van der Waals surface area contributed by atoms with Gasteiger partial charge < -0.3 is 4.90 Å². The Kier molecular flexibility index (Phi) is 3.24. The van der Waals surface area contributed by atoms with Crippen LogP contribution in [0.25, 0.3) is 0 Å². The van der Waals surface area contributed by atoms with Gasteiger partial charge >= 0.3 is 6.18 Å². The van der Waals surface area contributed by atoms with Crippen LogP contribution in [-0.4, -0.2) is 12.9 Å². The van der Waals surface area contributed by atoms with Gasteiger partial charge in [-0.05, 0) is 34.1 Å². The predicted octanol–water partition coefficient (Wildman–Crippen LogP) is 3.79. The normalized spacial score (nSPS) is 16.0. The first-order chi connectivity index (χ1) is 7.97. The molecule has 0 aliphatic carbocycles. The lowest BCUT2D eigenvalue weighted by Crippen LogP contribution is -2.20. The van der Waals surface area contributed by atoms with Gasteiger partial charge in [-0.1, -0.05) is 6.07 Å². The van der Waals surface area contributed by atoms with Crippen LogP contribution in [0, 0.1) is 0 Å². The molecule has 0 N–H and O–H groups in total. The fourth-order valence-corrected chi connectivity index (χ4v) is 1.85. The highest BCUT2D eigenvalue weighted by Gasteiger charge is 2.30. The van der Waals surface area contributed by atoms with Crippen LogP contribution in [0.2, 0.25) is 0 Å². The summed E-state index contributed by atoms with van der Waals surface area (Å²) < 4.78 is 38.3. The molecule has 0 saturated heterocycles. The summed E-state index contributed by atoms with van der Waals surface area (Å²) in [6, 6.07) is 5.16. The molecule has 2 nitrogen and oxygen atoms in total. The van der Waals surface area contributed by atoms with E-state index in [0.717, 1.165) is 16.6 Å². The molecule has 0 spiro atoms. The van der Waals surface area contributed by atoms with Gasteiger partial charge in [0.15, 0.2) is 0 Å². The van der Waals surface area contributed by atoms with Gasteiger partial charge in [-0.15, -0.1) is 0 Å². The quantitative estimate of drug-likeness (QED) is 0.771. The number of anilines is 1. The highest BCUT2D eigenvalue weighted by atomic mass is 79.9. The van der Waals surface area contributed by atoms with E-state index in [1.165, 1.54) is 6.07 Å². The number of alkyl halides is 3. The highest BCUT2D eigenvalue weighted by molar-refractivity contribution is 9.12. The molecule has 0 radical (unpaired) electrons. The van der Waals surface area contributed by atoms with Gasteiger partial charge in [0.2, 0.25) is 0 Å². The molecule has 0 amide bonds. The molecule has 1 aromatic rings. The van der Waals surface area contributed by atoms with E-state index in [1.54, 1.807) is 23.4 Å². The number of nitrogens with zero attached hydrogens (tertiary/aromatic N) is 2. The van der Waals surface area contributed by atoms with E-state index < -0.39 is 11.7 Å². The van der Waals surface area contributed by atoms with Gasteiger partial charge in [0.05, 0.1) is 10.0 Å². The Bertz CT molecular complexity index is 480. The van der Waals surface area contributed by atoms with Crippen molar-refractivity contribution in [1.29, 1.82) is 0 Å². The molecule has 90 valence electrons. The Balaban J connectivity index is 2.31. The molecular weight excluding hydrogens is 297 g/mol. The molecule has 1 aromatic carbocycles. The minimum Gasteiger partial charge on any atom is -0.327 e. The summed E-state index contributed by atoms with van der Waals surface area (Å²) in [4.78, 5) is 5.65. The topological polar surface area (TPSA) is 15.6 Å². The molecule has 1 heterocycles. The molecule has 6 heteroatoms. The largest absolute Gasteiger partial charge is 0.416 e. The summed E-state index contributed by atoms with van der Waals surface area (Å²) in [5.41, 5.74) is -0.192. The SMILES string of the molecule is FC(F)(F)c1cccc(N2C=C(Br)C=NC2)c1. The Morgan fingerprint density at radius 2 is 2.06 bits per heavy atom. The smallest absolute Gasteiger partial charge is 0.327 e. The van der Waals surface area contributed by atoms with Crippen molar-refractivity contribution in [3.05, 3.63) is 40.5 Å². The minimum absolute atomic E-state index is 0.316. The third-order valence-corrected chi connectivity index (χ3v) is 2.64. The standard InChI is InChI=1S/C11H8BrF3N2/c12-9-5-16-7-17(6-9)10-3-1-2-8(4-10)11(13,14)15/h1-6H,7H2. The highest BCUT2D eigenvalue weighted by Crippen LogP contribution is 2.32. The lowest BCUT2D eigenvalue weighted by atomic mass is 10.2. The fourth-order valence-electron chi connectivity index (χ4n) is 1.46. The Morgan fingerprint density at radius 3 is 2.71 bits per heavy atom. The third-order valence-electron chi connectivity index (χ3n) is 2.23. The third kappa shape index (κ3) is 2.88. The molecule has 17 heavy (non-hydrogen) atoms. The van der Waals surface area contributed by atoms with Crippen molar-refractivity contribution in [2.75, 3.05) is 11.6 Å². The number of aliphatic imine (C=N–C) groups is 1. The molecule has 0 fully saturated rings. The van der Waals surface area contributed by atoms with E-state index >= 15 is 0 Å². The molecule has 0 saturated carbocycles. The van der Waals surface area contributed by atoms with Crippen molar-refractivity contribution in [1.82, 2.24) is 0 Å². The van der Waals surface area contributed by atoms with Gasteiger partial charge in [-0.3, -0.25) is 4.99 Å². The number of allylic oxidation sites excluding steroid dienone is 1. The second-order valence-electron chi connectivity index (χ2n) is 3.48. The predicted molar refractivity (Wildman–Crippen MR) is 64.3 cm³/mol. The van der Waals surface area contributed by atoms with Crippen molar-refractivity contribution in [2.45, 2.75) is 6.18 Å². The fraction of sp³-hybridized carbons (Fsp3) is 0.182. The lowest BCUT2D eigenvalue weighted by Gasteiger charge is -2.22. The summed E-state index contributed by atoms with van der Waals surface area (Å²) in [6.45, 7) is 0.316. The van der Waals surface area contributed by atoms with Crippen molar-refractivity contribution in [3.8, 4) is 0 Å². The van der Waals surface area contributed by atoms with Gasteiger partial charge in [-0.2, -0.15) is 13.2 Å². The Labute approximate surface area is 105 Å². The van der Waals surface area contributed by atoms with E-state index in [9.17, 15) is 13.2 Å². The Morgan fingerprint density at radius 1 is 1.29 bits per heavy atom. The first-order valence-electron chi connectivity index (χ1n) is 4.78. The van der Waals surface area contributed by atoms with Crippen molar-refractivity contribution < 1.29 is 13.2 Å². The van der Waals surface area contributed by atoms with Crippen LogP contribution in [0.1, 0.15) is 5.56 Å². The van der Waals surface area contributed by atoms with Gasteiger partial charge in [0.25, 0.3) is 0 Å². The van der Waals surface area contributed by atoms with E-state index in [-0.39, 0.29) is 0 Å². The molecule has 0 atom stereocenters. The van der Waals surface area contributed by atoms with Gasteiger partial charge in [0.1, 0.15) is 6.67 Å². The first-order valence-corrected chi connectivity index (χ1v) is 5.57. The molecule has 2 rings (SSSR count). The molecule has 0 unspecified atom stereocenters. The molecule has 0 aromatic heterocycles. The van der Waals surface area contributed by atoms with E-state index in [0.29, 0.717) is 12.4 Å². The molecule has 1 aliphatic rings. The van der Waals surface area contributed by atoms with E-state index in [2.05, 4.69) is 20.9 Å². The monoisotopic (exact) mass is 304 g/mol. The van der Waals surface area contributed by atoms with Crippen LogP contribution in [0.15, 0.2) is 39.9 Å². The number of benzene rings is 1. The van der Waals surface area contributed by atoms with Gasteiger partial charge in [-0.25, -0.2) is 0 Å². The van der Waals surface area contributed by atoms with Crippen LogP contribution in [0.5, 0.6) is 0 Å². The maximum atomic E-state index is 12.5. The molecular formula is C11H8BrF3N2. The van der Waals surface area contributed by atoms with Gasteiger partial charge in [0, 0.05) is 18.1 Å². The van der Waals surface area contributed by atoms with Crippen molar-refractivity contribution in [3.63, 3.8) is 0 Å².